The molecule has 9 nitrogen and oxygen atoms in total. The van der Waals surface area contributed by atoms with E-state index in [0.29, 0.717) is 43.6 Å². The van der Waals surface area contributed by atoms with Gasteiger partial charge in [0.2, 0.25) is 16.0 Å². The molecule has 0 amide bonds. The zero-order chi connectivity index (χ0) is 18.9. The van der Waals surface area contributed by atoms with Crippen molar-refractivity contribution in [2.75, 3.05) is 42.9 Å². The third kappa shape index (κ3) is 3.51. The molecule has 0 unspecified atom stereocenters. The normalized spacial score (nSPS) is 16.1. The van der Waals surface area contributed by atoms with Crippen molar-refractivity contribution in [1.29, 1.82) is 0 Å². The van der Waals surface area contributed by atoms with E-state index in [1.54, 1.807) is 13.8 Å². The highest BCUT2D eigenvalue weighted by atomic mass is 32.2. The second-order valence-electron chi connectivity index (χ2n) is 6.27. The van der Waals surface area contributed by atoms with E-state index in [9.17, 15) is 8.42 Å². The van der Waals surface area contributed by atoms with Crippen LogP contribution in [0.5, 0.6) is 0 Å². The van der Waals surface area contributed by atoms with Crippen molar-refractivity contribution in [3.63, 3.8) is 0 Å². The average molecular weight is 380 g/mol. The van der Waals surface area contributed by atoms with Crippen molar-refractivity contribution in [3.8, 4) is 0 Å². The molecule has 1 fully saturated rings. The summed E-state index contributed by atoms with van der Waals surface area (Å²) in [5.74, 6) is 1.72. The van der Waals surface area contributed by atoms with Crippen LogP contribution < -0.4 is 10.2 Å². The van der Waals surface area contributed by atoms with E-state index in [2.05, 4.69) is 20.4 Å². The van der Waals surface area contributed by atoms with Crippen LogP contribution in [0.3, 0.4) is 0 Å². The smallest absolute Gasteiger partial charge is 0.248 e. The maximum atomic E-state index is 12.9. The summed E-state index contributed by atoms with van der Waals surface area (Å²) in [6, 6.07) is 1.89. The lowest BCUT2D eigenvalue weighted by molar-refractivity contribution is 0.377. The van der Waals surface area contributed by atoms with Gasteiger partial charge < -0.3 is 14.7 Å². The van der Waals surface area contributed by atoms with E-state index in [0.717, 1.165) is 18.1 Å². The Balaban J connectivity index is 1.75. The molecule has 10 heteroatoms. The molecule has 142 valence electrons. The van der Waals surface area contributed by atoms with Crippen molar-refractivity contribution in [2.45, 2.75) is 32.6 Å². The van der Waals surface area contributed by atoms with Crippen molar-refractivity contribution in [2.24, 2.45) is 0 Å². The fourth-order valence-electron chi connectivity index (χ4n) is 3.07. The van der Waals surface area contributed by atoms with Gasteiger partial charge in [-0.3, -0.25) is 0 Å². The molecule has 0 spiro atoms. The Morgan fingerprint density at radius 3 is 2.42 bits per heavy atom. The van der Waals surface area contributed by atoms with E-state index in [-0.39, 0.29) is 4.90 Å². The van der Waals surface area contributed by atoms with Gasteiger partial charge in [0.15, 0.2) is 5.76 Å². The van der Waals surface area contributed by atoms with Crippen LogP contribution in [0.25, 0.3) is 0 Å². The number of aryl methyl sites for hydroxylation is 3. The van der Waals surface area contributed by atoms with Gasteiger partial charge in [-0.15, -0.1) is 0 Å². The molecular formula is C16H24N6O3S. The molecule has 2 aromatic heterocycles. The van der Waals surface area contributed by atoms with Gasteiger partial charge in [-0.25, -0.2) is 13.4 Å². The maximum Gasteiger partial charge on any atom is 0.248 e. The lowest BCUT2D eigenvalue weighted by Gasteiger charge is -2.34. The summed E-state index contributed by atoms with van der Waals surface area (Å²) in [6.45, 7) is 9.74. The number of nitrogens with one attached hydrogen (secondary N) is 1. The van der Waals surface area contributed by atoms with E-state index in [1.807, 2.05) is 24.8 Å². The van der Waals surface area contributed by atoms with Gasteiger partial charge in [0.1, 0.15) is 16.4 Å². The number of sulfonamides is 1. The largest absolute Gasteiger partial charge is 0.370 e. The summed E-state index contributed by atoms with van der Waals surface area (Å²) in [5, 5.41) is 6.95. The fraction of sp³-hybridized carbons (Fsp3) is 0.562. The van der Waals surface area contributed by atoms with Gasteiger partial charge in [0.05, 0.1) is 0 Å². The molecule has 2 aromatic rings. The highest BCUT2D eigenvalue weighted by molar-refractivity contribution is 7.89. The van der Waals surface area contributed by atoms with Gasteiger partial charge in [-0.2, -0.15) is 9.29 Å². The lowest BCUT2D eigenvalue weighted by Crippen LogP contribution is -2.49. The monoisotopic (exact) mass is 380 g/mol. The highest BCUT2D eigenvalue weighted by Crippen LogP contribution is 2.25. The minimum atomic E-state index is -3.61. The van der Waals surface area contributed by atoms with Crippen LogP contribution in [0.2, 0.25) is 0 Å². The number of hydrogen-bond acceptors (Lipinski definition) is 8. The summed E-state index contributed by atoms with van der Waals surface area (Å²) < 4.78 is 32.3. The average Bonchev–Trinajstić information content (AvgIpc) is 2.94. The highest BCUT2D eigenvalue weighted by Gasteiger charge is 2.33. The third-order valence-corrected chi connectivity index (χ3v) is 6.43. The third-order valence-electron chi connectivity index (χ3n) is 4.29. The van der Waals surface area contributed by atoms with Gasteiger partial charge in [-0.05, 0) is 27.7 Å². The standard InChI is InChI=1S/C16H24N6O3S/c1-5-17-14-10-11(2)18-16(19-14)21-6-8-22(9-7-21)26(23,24)15-12(3)20-25-13(15)4/h10H,5-9H2,1-4H3,(H,17,18,19). The summed E-state index contributed by atoms with van der Waals surface area (Å²) >= 11 is 0. The summed E-state index contributed by atoms with van der Waals surface area (Å²) in [4.78, 5) is 11.2. The number of anilines is 2. The van der Waals surface area contributed by atoms with Gasteiger partial charge in [-0.1, -0.05) is 5.16 Å². The summed E-state index contributed by atoms with van der Waals surface area (Å²) in [5.41, 5.74) is 1.26. The first-order valence-electron chi connectivity index (χ1n) is 8.60. The van der Waals surface area contributed by atoms with Crippen molar-refractivity contribution >= 4 is 21.8 Å². The second kappa shape index (κ2) is 7.20. The predicted octanol–water partition coefficient (Wildman–Crippen LogP) is 1.33. The Hall–Kier alpha value is -2.20. The van der Waals surface area contributed by atoms with Crippen LogP contribution in [0.4, 0.5) is 11.8 Å². The molecule has 0 aromatic carbocycles. The Morgan fingerprint density at radius 2 is 1.85 bits per heavy atom. The maximum absolute atomic E-state index is 12.9. The first-order chi connectivity index (χ1) is 12.3. The van der Waals surface area contributed by atoms with Crippen LogP contribution in [0, 0.1) is 20.8 Å². The SMILES string of the molecule is CCNc1cc(C)nc(N2CCN(S(=O)(=O)c3c(C)noc3C)CC2)n1. The molecule has 26 heavy (non-hydrogen) atoms. The quantitative estimate of drug-likeness (QED) is 0.828. The van der Waals surface area contributed by atoms with Crippen molar-refractivity contribution < 1.29 is 12.9 Å². The zero-order valence-corrected chi connectivity index (χ0v) is 16.3. The Morgan fingerprint density at radius 1 is 1.15 bits per heavy atom. The summed E-state index contributed by atoms with van der Waals surface area (Å²) in [7, 11) is -3.61. The van der Waals surface area contributed by atoms with E-state index < -0.39 is 10.0 Å². The molecule has 0 radical (unpaired) electrons. The minimum Gasteiger partial charge on any atom is -0.370 e. The van der Waals surface area contributed by atoms with Crippen LogP contribution in [-0.4, -0.2) is 60.6 Å². The fourth-order valence-corrected chi connectivity index (χ4v) is 4.78. The molecule has 3 heterocycles. The van der Waals surface area contributed by atoms with Gasteiger partial charge >= 0.3 is 0 Å². The summed E-state index contributed by atoms with van der Waals surface area (Å²) in [6.07, 6.45) is 0. The molecule has 0 bridgehead atoms. The molecule has 0 aliphatic carbocycles. The van der Waals surface area contributed by atoms with E-state index in [1.165, 1.54) is 4.31 Å². The molecule has 3 rings (SSSR count). The molecule has 0 saturated carbocycles. The Labute approximate surface area is 153 Å². The van der Waals surface area contributed by atoms with Crippen LogP contribution in [0.15, 0.2) is 15.5 Å². The first-order valence-corrected chi connectivity index (χ1v) is 10.0. The molecule has 1 aliphatic rings. The van der Waals surface area contributed by atoms with Gasteiger partial charge in [0, 0.05) is 44.5 Å². The van der Waals surface area contributed by atoms with Crippen molar-refractivity contribution in [1.82, 2.24) is 19.4 Å². The molecule has 1 saturated heterocycles. The van der Waals surface area contributed by atoms with Crippen molar-refractivity contribution in [3.05, 3.63) is 23.2 Å². The number of nitrogens with zero attached hydrogens (tertiary/aromatic N) is 5. The topological polar surface area (TPSA) is 104 Å². The van der Waals surface area contributed by atoms with Crippen LogP contribution in [-0.2, 0) is 10.0 Å². The zero-order valence-electron chi connectivity index (χ0n) is 15.5. The van der Waals surface area contributed by atoms with E-state index >= 15 is 0 Å². The second-order valence-corrected chi connectivity index (χ2v) is 8.14. The molecule has 0 atom stereocenters. The number of rotatable bonds is 5. The predicted molar refractivity (Wildman–Crippen MR) is 97.9 cm³/mol. The number of hydrogen-bond donors (Lipinski definition) is 1. The molecule has 1 aliphatic heterocycles. The lowest BCUT2D eigenvalue weighted by atomic mass is 10.3. The minimum absolute atomic E-state index is 0.173. The first kappa shape index (κ1) is 18.6. The number of piperazine rings is 1. The Kier molecular flexibility index (Phi) is 5.15. The van der Waals surface area contributed by atoms with Gasteiger partial charge in [0.25, 0.3) is 0 Å². The molecular weight excluding hydrogens is 356 g/mol. The Bertz CT molecular complexity index is 868. The van der Waals surface area contributed by atoms with Crippen LogP contribution in [0.1, 0.15) is 24.1 Å². The molecule has 1 N–H and O–H groups in total. The van der Waals surface area contributed by atoms with E-state index in [4.69, 9.17) is 4.52 Å². The number of aromatic nitrogens is 3. The van der Waals surface area contributed by atoms with Crippen LogP contribution >= 0.6 is 0 Å².